The zero-order chi connectivity index (χ0) is 17.2. The van der Waals surface area contributed by atoms with Gasteiger partial charge < -0.3 is 0 Å². The number of benzene rings is 3. The summed E-state index contributed by atoms with van der Waals surface area (Å²) < 4.78 is 0. The molecule has 0 saturated heterocycles. The third-order valence-electron chi connectivity index (χ3n) is 4.26. The second-order valence-electron chi connectivity index (χ2n) is 5.84. The number of amides is 2. The molecular formula is C22H15NO2. The molecule has 1 heterocycles. The van der Waals surface area contributed by atoms with Gasteiger partial charge in [-0.05, 0) is 34.4 Å². The summed E-state index contributed by atoms with van der Waals surface area (Å²) in [6.45, 7) is 0. The molecule has 3 aromatic carbocycles. The monoisotopic (exact) mass is 325 g/mol. The molecule has 1 aliphatic heterocycles. The van der Waals surface area contributed by atoms with Crippen molar-refractivity contribution in [1.82, 2.24) is 0 Å². The van der Waals surface area contributed by atoms with Gasteiger partial charge in [0.2, 0.25) is 0 Å². The molecule has 3 heteroatoms. The van der Waals surface area contributed by atoms with Gasteiger partial charge in [0.15, 0.2) is 0 Å². The Balaban J connectivity index is 1.58. The molecule has 0 fully saturated rings. The van der Waals surface area contributed by atoms with Gasteiger partial charge in [0.1, 0.15) is 0 Å². The van der Waals surface area contributed by atoms with E-state index in [2.05, 4.69) is 36.4 Å². The number of imide groups is 1. The first kappa shape index (κ1) is 15.1. The van der Waals surface area contributed by atoms with Crippen LogP contribution in [-0.2, 0) is 9.59 Å². The van der Waals surface area contributed by atoms with E-state index >= 15 is 0 Å². The molecule has 0 bridgehead atoms. The smallest absolute Gasteiger partial charge is 0.258 e. The van der Waals surface area contributed by atoms with Crippen LogP contribution in [0.1, 0.15) is 0 Å². The third kappa shape index (κ3) is 2.88. The highest BCUT2D eigenvalue weighted by molar-refractivity contribution is 6.28. The third-order valence-corrected chi connectivity index (χ3v) is 4.26. The van der Waals surface area contributed by atoms with E-state index in [-0.39, 0.29) is 11.8 Å². The first-order valence-corrected chi connectivity index (χ1v) is 8.04. The Morgan fingerprint density at radius 2 is 0.880 bits per heavy atom. The summed E-state index contributed by atoms with van der Waals surface area (Å²) in [7, 11) is 0. The second-order valence-corrected chi connectivity index (χ2v) is 5.84. The van der Waals surface area contributed by atoms with Gasteiger partial charge in [-0.3, -0.25) is 9.59 Å². The average molecular weight is 325 g/mol. The Morgan fingerprint density at radius 3 is 1.36 bits per heavy atom. The summed E-state index contributed by atoms with van der Waals surface area (Å²) in [6, 6.07) is 26.0. The molecule has 0 atom stereocenters. The van der Waals surface area contributed by atoms with Crippen molar-refractivity contribution in [2.24, 2.45) is 0 Å². The molecule has 25 heavy (non-hydrogen) atoms. The van der Waals surface area contributed by atoms with Crippen LogP contribution in [0.3, 0.4) is 0 Å². The van der Waals surface area contributed by atoms with Crippen LogP contribution >= 0.6 is 0 Å². The molecule has 4 rings (SSSR count). The quantitative estimate of drug-likeness (QED) is 0.667. The maximum atomic E-state index is 11.7. The molecular weight excluding hydrogens is 310 g/mol. The van der Waals surface area contributed by atoms with Crippen molar-refractivity contribution in [3.05, 3.63) is 91.0 Å². The van der Waals surface area contributed by atoms with Gasteiger partial charge in [0, 0.05) is 12.2 Å². The number of rotatable bonds is 3. The van der Waals surface area contributed by atoms with Crippen molar-refractivity contribution >= 4 is 17.5 Å². The molecule has 0 spiro atoms. The summed E-state index contributed by atoms with van der Waals surface area (Å²) in [5, 5.41) is 0. The Hall–Kier alpha value is -3.46. The number of carbonyl (C=O) groups is 2. The minimum atomic E-state index is -0.301. The van der Waals surface area contributed by atoms with E-state index in [0.717, 1.165) is 11.1 Å². The van der Waals surface area contributed by atoms with Crippen molar-refractivity contribution in [1.29, 1.82) is 0 Å². The largest absolute Gasteiger partial charge is 0.269 e. The highest BCUT2D eigenvalue weighted by atomic mass is 16.2. The van der Waals surface area contributed by atoms with Gasteiger partial charge in [0.05, 0.1) is 5.69 Å². The lowest BCUT2D eigenvalue weighted by atomic mass is 10.0. The highest BCUT2D eigenvalue weighted by Crippen LogP contribution is 2.27. The van der Waals surface area contributed by atoms with Gasteiger partial charge in [-0.1, -0.05) is 66.7 Å². The van der Waals surface area contributed by atoms with Crippen molar-refractivity contribution in [3.8, 4) is 22.3 Å². The van der Waals surface area contributed by atoms with E-state index in [1.54, 1.807) is 12.1 Å². The van der Waals surface area contributed by atoms with E-state index < -0.39 is 0 Å². The van der Waals surface area contributed by atoms with Crippen LogP contribution in [0.15, 0.2) is 91.0 Å². The van der Waals surface area contributed by atoms with Crippen LogP contribution in [-0.4, -0.2) is 11.8 Å². The van der Waals surface area contributed by atoms with Crippen LogP contribution < -0.4 is 4.90 Å². The molecule has 3 aromatic rings. The normalized spacial score (nSPS) is 13.5. The molecule has 0 radical (unpaired) electrons. The van der Waals surface area contributed by atoms with E-state index in [1.807, 2.05) is 30.3 Å². The molecule has 2 amide bonds. The minimum absolute atomic E-state index is 0.301. The second kappa shape index (κ2) is 6.21. The van der Waals surface area contributed by atoms with Gasteiger partial charge >= 0.3 is 0 Å². The predicted octanol–water partition coefficient (Wildman–Crippen LogP) is 4.45. The Labute approximate surface area is 145 Å². The van der Waals surface area contributed by atoms with Crippen LogP contribution in [0.4, 0.5) is 5.69 Å². The van der Waals surface area contributed by atoms with Crippen molar-refractivity contribution in [2.45, 2.75) is 0 Å². The first-order chi connectivity index (χ1) is 12.2. The Kier molecular flexibility index (Phi) is 3.75. The van der Waals surface area contributed by atoms with Crippen LogP contribution in [0.25, 0.3) is 22.3 Å². The summed E-state index contributed by atoms with van der Waals surface area (Å²) in [6.07, 6.45) is 2.58. The van der Waals surface area contributed by atoms with E-state index in [4.69, 9.17) is 0 Å². The maximum absolute atomic E-state index is 11.7. The van der Waals surface area contributed by atoms with E-state index in [9.17, 15) is 9.59 Å². The van der Waals surface area contributed by atoms with Gasteiger partial charge in [-0.25, -0.2) is 4.90 Å². The van der Waals surface area contributed by atoms with Crippen molar-refractivity contribution in [3.63, 3.8) is 0 Å². The van der Waals surface area contributed by atoms with Gasteiger partial charge in [-0.15, -0.1) is 0 Å². The summed E-state index contributed by atoms with van der Waals surface area (Å²) >= 11 is 0. The summed E-state index contributed by atoms with van der Waals surface area (Å²) in [4.78, 5) is 24.6. The van der Waals surface area contributed by atoms with Gasteiger partial charge in [-0.2, -0.15) is 0 Å². The molecule has 1 aliphatic rings. The van der Waals surface area contributed by atoms with Crippen LogP contribution in [0, 0.1) is 0 Å². The molecule has 0 aliphatic carbocycles. The fraction of sp³-hybridized carbons (Fsp3) is 0. The minimum Gasteiger partial charge on any atom is -0.269 e. The molecule has 0 aromatic heterocycles. The van der Waals surface area contributed by atoms with Crippen LogP contribution in [0.5, 0.6) is 0 Å². The average Bonchev–Trinajstić information content (AvgIpc) is 3.01. The Bertz CT molecular complexity index is 937. The number of anilines is 1. The molecule has 0 N–H and O–H groups in total. The van der Waals surface area contributed by atoms with Gasteiger partial charge in [0.25, 0.3) is 11.8 Å². The molecule has 0 saturated carbocycles. The number of carbonyl (C=O) groups excluding carboxylic acids is 2. The fourth-order valence-corrected chi connectivity index (χ4v) is 2.94. The van der Waals surface area contributed by atoms with E-state index in [1.165, 1.54) is 28.2 Å². The Morgan fingerprint density at radius 1 is 0.480 bits per heavy atom. The van der Waals surface area contributed by atoms with Crippen molar-refractivity contribution < 1.29 is 9.59 Å². The highest BCUT2D eigenvalue weighted by Gasteiger charge is 2.24. The fourth-order valence-electron chi connectivity index (χ4n) is 2.94. The molecule has 3 nitrogen and oxygen atoms in total. The van der Waals surface area contributed by atoms with Crippen LogP contribution in [0.2, 0.25) is 0 Å². The number of hydrogen-bond acceptors (Lipinski definition) is 2. The SMILES string of the molecule is O=C1C=CC(=O)N1c1ccc(-c2ccc(-c3ccccc3)cc2)cc1. The maximum Gasteiger partial charge on any atom is 0.258 e. The first-order valence-electron chi connectivity index (χ1n) is 8.04. The van der Waals surface area contributed by atoms with E-state index in [0.29, 0.717) is 5.69 Å². The number of nitrogens with zero attached hydrogens (tertiary/aromatic N) is 1. The number of hydrogen-bond donors (Lipinski definition) is 0. The standard InChI is InChI=1S/C22H15NO2/c24-21-14-15-22(25)23(21)20-12-10-19(11-13-20)18-8-6-17(7-9-18)16-4-2-1-3-5-16/h1-15H. The zero-order valence-electron chi connectivity index (χ0n) is 13.4. The summed E-state index contributed by atoms with van der Waals surface area (Å²) in [5.41, 5.74) is 5.06. The lowest BCUT2D eigenvalue weighted by Crippen LogP contribution is -2.29. The lowest BCUT2D eigenvalue weighted by molar-refractivity contribution is -0.119. The van der Waals surface area contributed by atoms with Crippen molar-refractivity contribution in [2.75, 3.05) is 4.90 Å². The zero-order valence-corrected chi connectivity index (χ0v) is 13.4. The lowest BCUT2D eigenvalue weighted by Gasteiger charge is -2.14. The predicted molar refractivity (Wildman–Crippen MR) is 98.9 cm³/mol. The molecule has 0 unspecified atom stereocenters. The summed E-state index contributed by atoms with van der Waals surface area (Å²) in [5.74, 6) is -0.602. The topological polar surface area (TPSA) is 37.4 Å². The molecule has 120 valence electrons.